The van der Waals surface area contributed by atoms with Crippen molar-refractivity contribution < 1.29 is 14.6 Å². The highest BCUT2D eigenvalue weighted by Crippen LogP contribution is 2.14. The van der Waals surface area contributed by atoms with Gasteiger partial charge in [0.25, 0.3) is 0 Å². The molecule has 0 aliphatic rings. The van der Waals surface area contributed by atoms with Crippen LogP contribution in [0.25, 0.3) is 0 Å². The Morgan fingerprint density at radius 2 is 2.24 bits per heavy atom. The molecular formula is C11H17N3O3. The first kappa shape index (κ1) is 13.2. The van der Waals surface area contributed by atoms with Gasteiger partial charge in [0.05, 0.1) is 6.61 Å². The number of carbonyl (C=O) groups is 1. The van der Waals surface area contributed by atoms with Crippen molar-refractivity contribution in [2.24, 2.45) is 0 Å². The van der Waals surface area contributed by atoms with Crippen molar-refractivity contribution in [1.82, 2.24) is 9.97 Å². The Hall–Kier alpha value is -1.85. The summed E-state index contributed by atoms with van der Waals surface area (Å²) in [5.74, 6) is 0.554. The summed E-state index contributed by atoms with van der Waals surface area (Å²) in [6, 6.07) is 0.945. The Balaban J connectivity index is 2.86. The van der Waals surface area contributed by atoms with E-state index in [0.29, 0.717) is 30.5 Å². The van der Waals surface area contributed by atoms with Crippen molar-refractivity contribution in [2.45, 2.75) is 33.2 Å². The van der Waals surface area contributed by atoms with Crippen LogP contribution < -0.4 is 10.1 Å². The second-order valence-electron chi connectivity index (χ2n) is 3.52. The number of hydrogen-bond donors (Lipinski definition) is 2. The van der Waals surface area contributed by atoms with Crippen LogP contribution in [-0.4, -0.2) is 33.7 Å². The van der Waals surface area contributed by atoms with Gasteiger partial charge in [-0.1, -0.05) is 6.92 Å². The van der Waals surface area contributed by atoms with Crippen molar-refractivity contribution in [3.05, 3.63) is 11.9 Å². The lowest BCUT2D eigenvalue weighted by Crippen LogP contribution is -2.28. The van der Waals surface area contributed by atoms with Crippen LogP contribution in [0, 0.1) is 6.92 Å². The number of carboxylic acids is 1. The van der Waals surface area contributed by atoms with Gasteiger partial charge in [-0.25, -0.2) is 9.78 Å². The van der Waals surface area contributed by atoms with E-state index in [0.717, 1.165) is 0 Å². The predicted molar refractivity (Wildman–Crippen MR) is 63.3 cm³/mol. The first-order valence-corrected chi connectivity index (χ1v) is 5.54. The number of hydrogen-bond acceptors (Lipinski definition) is 5. The Morgan fingerprint density at radius 3 is 2.76 bits per heavy atom. The summed E-state index contributed by atoms with van der Waals surface area (Å²) >= 11 is 0. The van der Waals surface area contributed by atoms with E-state index in [2.05, 4.69) is 15.3 Å². The number of ether oxygens (including phenoxy) is 1. The molecule has 1 aromatic heterocycles. The molecular weight excluding hydrogens is 222 g/mol. The predicted octanol–water partition coefficient (Wildman–Crippen LogP) is 1.46. The van der Waals surface area contributed by atoms with Crippen LogP contribution in [0.1, 0.15) is 26.1 Å². The molecule has 6 heteroatoms. The molecule has 0 saturated carbocycles. The lowest BCUT2D eigenvalue weighted by molar-refractivity contribution is -0.137. The van der Waals surface area contributed by atoms with Gasteiger partial charge in [0.15, 0.2) is 0 Å². The number of aliphatic carboxylic acids is 1. The molecule has 6 nitrogen and oxygen atoms in total. The molecule has 0 saturated heterocycles. The molecule has 0 aliphatic carbocycles. The van der Waals surface area contributed by atoms with Crippen LogP contribution in [-0.2, 0) is 4.79 Å². The van der Waals surface area contributed by atoms with Gasteiger partial charge >= 0.3 is 5.97 Å². The zero-order chi connectivity index (χ0) is 12.8. The minimum Gasteiger partial charge on any atom is -0.480 e. The third-order valence-corrected chi connectivity index (χ3v) is 2.14. The molecule has 0 spiro atoms. The van der Waals surface area contributed by atoms with E-state index < -0.39 is 12.0 Å². The summed E-state index contributed by atoms with van der Waals surface area (Å²) in [4.78, 5) is 19.1. The second-order valence-corrected chi connectivity index (χ2v) is 3.52. The van der Waals surface area contributed by atoms with Crippen molar-refractivity contribution in [3.63, 3.8) is 0 Å². The van der Waals surface area contributed by atoms with E-state index in [-0.39, 0.29) is 0 Å². The fraction of sp³-hybridized carbons (Fsp3) is 0.545. The molecule has 1 heterocycles. The maximum Gasteiger partial charge on any atom is 0.326 e. The lowest BCUT2D eigenvalue weighted by Gasteiger charge is -2.13. The Morgan fingerprint density at radius 1 is 1.53 bits per heavy atom. The maximum atomic E-state index is 10.9. The molecule has 0 amide bonds. The number of rotatable bonds is 6. The van der Waals surface area contributed by atoms with E-state index in [9.17, 15) is 4.79 Å². The molecule has 0 fully saturated rings. The topological polar surface area (TPSA) is 84.3 Å². The SMILES string of the molecule is CCOc1cc(NC(CC)C(=O)O)nc(C)n1. The smallest absolute Gasteiger partial charge is 0.326 e. The molecule has 0 aromatic carbocycles. The first-order chi connectivity index (χ1) is 8.06. The standard InChI is InChI=1S/C11H17N3O3/c1-4-8(11(15)16)14-9-6-10(17-5-2)13-7(3)12-9/h6,8H,4-5H2,1-3H3,(H,15,16)(H,12,13,14). The van der Waals surface area contributed by atoms with E-state index in [1.165, 1.54) is 0 Å². The normalized spacial score (nSPS) is 11.9. The highest BCUT2D eigenvalue weighted by Gasteiger charge is 2.15. The fourth-order valence-corrected chi connectivity index (χ4v) is 1.35. The van der Waals surface area contributed by atoms with Gasteiger partial charge in [0.1, 0.15) is 17.7 Å². The molecule has 17 heavy (non-hydrogen) atoms. The molecule has 0 radical (unpaired) electrons. The third kappa shape index (κ3) is 3.90. The van der Waals surface area contributed by atoms with Crippen LogP contribution in [0.15, 0.2) is 6.07 Å². The highest BCUT2D eigenvalue weighted by atomic mass is 16.5. The van der Waals surface area contributed by atoms with Gasteiger partial charge in [-0.15, -0.1) is 0 Å². The number of aryl methyl sites for hydroxylation is 1. The molecule has 94 valence electrons. The quantitative estimate of drug-likeness (QED) is 0.781. The summed E-state index contributed by atoms with van der Waals surface area (Å²) in [5, 5.41) is 11.8. The van der Waals surface area contributed by atoms with Gasteiger partial charge in [0.2, 0.25) is 5.88 Å². The molecule has 2 N–H and O–H groups in total. The third-order valence-electron chi connectivity index (χ3n) is 2.14. The van der Waals surface area contributed by atoms with E-state index in [1.807, 2.05) is 6.92 Å². The largest absolute Gasteiger partial charge is 0.480 e. The average molecular weight is 239 g/mol. The van der Waals surface area contributed by atoms with Crippen molar-refractivity contribution >= 4 is 11.8 Å². The minimum atomic E-state index is -0.901. The minimum absolute atomic E-state index is 0.447. The summed E-state index contributed by atoms with van der Waals surface area (Å²) in [5.41, 5.74) is 0. The van der Waals surface area contributed by atoms with Crippen molar-refractivity contribution in [3.8, 4) is 5.88 Å². The number of aromatic nitrogens is 2. The van der Waals surface area contributed by atoms with Crippen LogP contribution >= 0.6 is 0 Å². The van der Waals surface area contributed by atoms with Gasteiger partial charge in [-0.2, -0.15) is 4.98 Å². The average Bonchev–Trinajstić information content (AvgIpc) is 2.25. The van der Waals surface area contributed by atoms with E-state index >= 15 is 0 Å². The number of carboxylic acid groups (broad SMARTS) is 1. The summed E-state index contributed by atoms with van der Waals surface area (Å²) in [6.45, 7) is 5.89. The van der Waals surface area contributed by atoms with Crippen molar-refractivity contribution in [1.29, 1.82) is 0 Å². The molecule has 1 rings (SSSR count). The van der Waals surface area contributed by atoms with Crippen LogP contribution in [0.3, 0.4) is 0 Å². The van der Waals surface area contributed by atoms with Crippen LogP contribution in [0.4, 0.5) is 5.82 Å². The number of anilines is 1. The van der Waals surface area contributed by atoms with E-state index in [4.69, 9.17) is 9.84 Å². The van der Waals surface area contributed by atoms with Gasteiger partial charge < -0.3 is 15.2 Å². The molecule has 1 aromatic rings. The first-order valence-electron chi connectivity index (χ1n) is 5.54. The Bertz CT molecular complexity index is 396. The molecule has 0 aliphatic heterocycles. The molecule has 1 unspecified atom stereocenters. The van der Waals surface area contributed by atoms with Gasteiger partial charge in [-0.3, -0.25) is 0 Å². The van der Waals surface area contributed by atoms with Crippen molar-refractivity contribution in [2.75, 3.05) is 11.9 Å². The zero-order valence-corrected chi connectivity index (χ0v) is 10.2. The number of nitrogens with zero attached hydrogens (tertiary/aromatic N) is 2. The summed E-state index contributed by atoms with van der Waals surface area (Å²) in [6.07, 6.45) is 0.475. The Kier molecular flexibility index (Phi) is 4.68. The second kappa shape index (κ2) is 6.03. The van der Waals surface area contributed by atoms with E-state index in [1.54, 1.807) is 19.9 Å². The zero-order valence-electron chi connectivity index (χ0n) is 10.2. The monoisotopic (exact) mass is 239 g/mol. The van der Waals surface area contributed by atoms with Crippen LogP contribution in [0.5, 0.6) is 5.88 Å². The highest BCUT2D eigenvalue weighted by molar-refractivity contribution is 5.76. The summed E-state index contributed by atoms with van der Waals surface area (Å²) < 4.78 is 5.26. The lowest BCUT2D eigenvalue weighted by atomic mass is 10.2. The van der Waals surface area contributed by atoms with Gasteiger partial charge in [-0.05, 0) is 20.3 Å². The molecule has 0 bridgehead atoms. The fourth-order valence-electron chi connectivity index (χ4n) is 1.35. The maximum absolute atomic E-state index is 10.9. The summed E-state index contributed by atoms with van der Waals surface area (Å²) in [7, 11) is 0. The number of nitrogens with one attached hydrogen (secondary N) is 1. The van der Waals surface area contributed by atoms with Gasteiger partial charge in [0, 0.05) is 6.07 Å². The molecule has 1 atom stereocenters. The Labute approximate surface area is 100 Å². The van der Waals surface area contributed by atoms with Crippen LogP contribution in [0.2, 0.25) is 0 Å².